The van der Waals surface area contributed by atoms with Crippen LogP contribution in [0.2, 0.25) is 0 Å². The van der Waals surface area contributed by atoms with Gasteiger partial charge in [-0.1, -0.05) is 36.2 Å². The maximum Gasteiger partial charge on any atom is 1.00 e. The molecule has 1 aromatic carbocycles. The van der Waals surface area contributed by atoms with Crippen LogP contribution in [0.3, 0.4) is 0 Å². The Morgan fingerprint density at radius 1 is 0.919 bits per heavy atom. The standard InChI is InChI=1S/C25H38N4O7.Rb.H2/c1-26-22(31)11-13-27-23(32)17-20-7-9-21(10-8-20)18-29-24(33)19-35-15-6-16-36-25(34)28-12-4-2-3-5-14-30;;/h7-10,14H,2-6,11-13,15-19H2,1H3,(H4,26,27,28,29,31,32,33,34);;1H/q;+1;/p-1. The van der Waals surface area contributed by atoms with Crippen molar-refractivity contribution in [3.8, 4) is 0 Å². The number of hydrogen-bond acceptors (Lipinski definition) is 7. The molecule has 0 aromatic heterocycles. The van der Waals surface area contributed by atoms with E-state index in [1.807, 2.05) is 0 Å². The van der Waals surface area contributed by atoms with Gasteiger partial charge in [0.25, 0.3) is 0 Å². The first kappa shape index (κ1) is 35.3. The van der Waals surface area contributed by atoms with Crippen LogP contribution in [0.1, 0.15) is 51.1 Å². The third-order valence-corrected chi connectivity index (χ3v) is 4.94. The van der Waals surface area contributed by atoms with Crippen molar-refractivity contribution in [2.45, 2.75) is 51.5 Å². The van der Waals surface area contributed by atoms with Crippen molar-refractivity contribution in [1.29, 1.82) is 0 Å². The molecule has 0 saturated carbocycles. The number of carbonyl (C=O) groups excluding carboxylic acids is 5. The number of carbonyl (C=O) groups is 5. The summed E-state index contributed by atoms with van der Waals surface area (Å²) in [5.74, 6) is -0.687. The fourth-order valence-corrected chi connectivity index (χ4v) is 2.93. The van der Waals surface area contributed by atoms with Gasteiger partial charge in [-0.2, -0.15) is 0 Å². The van der Waals surface area contributed by atoms with Crippen LogP contribution in [-0.4, -0.2) is 70.1 Å². The molecule has 1 aromatic rings. The van der Waals surface area contributed by atoms with Gasteiger partial charge >= 0.3 is 64.3 Å². The Hall–Kier alpha value is -1.66. The topological polar surface area (TPSA) is 154 Å². The summed E-state index contributed by atoms with van der Waals surface area (Å²) >= 11 is 0. The van der Waals surface area contributed by atoms with Crippen molar-refractivity contribution in [1.82, 2.24) is 16.0 Å². The zero-order chi connectivity index (χ0) is 26.4. The number of benzene rings is 1. The van der Waals surface area contributed by atoms with Crippen LogP contribution in [0.5, 0.6) is 0 Å². The van der Waals surface area contributed by atoms with Crippen molar-refractivity contribution in [3.63, 3.8) is 0 Å². The van der Waals surface area contributed by atoms with E-state index in [1.165, 1.54) is 0 Å². The summed E-state index contributed by atoms with van der Waals surface area (Å²) in [5, 5.41) is 11.8. The molecule has 0 aliphatic carbocycles. The van der Waals surface area contributed by atoms with E-state index >= 15 is 0 Å². The van der Waals surface area contributed by atoms with E-state index in [-0.39, 0.29) is 123 Å². The molecule has 0 heterocycles. The molecule has 0 bridgehead atoms. The normalized spacial score (nSPS) is 9.97. The Morgan fingerprint density at radius 2 is 1.65 bits per heavy atom. The van der Waals surface area contributed by atoms with Crippen LogP contribution < -0.4 is 74.1 Å². The Bertz CT molecular complexity index is 828. The summed E-state index contributed by atoms with van der Waals surface area (Å²) < 4.78 is 10.3. The van der Waals surface area contributed by atoms with E-state index in [9.17, 15) is 24.0 Å². The number of aldehydes is 1. The van der Waals surface area contributed by atoms with Gasteiger partial charge < -0.3 is 40.3 Å². The Labute approximate surface area is 268 Å². The first-order valence-corrected chi connectivity index (χ1v) is 12.1. The average molecular weight is 593 g/mol. The largest absolute Gasteiger partial charge is 1.00 e. The van der Waals surface area contributed by atoms with Crippen LogP contribution in [-0.2, 0) is 41.6 Å². The minimum absolute atomic E-state index is 0. The first-order valence-electron chi connectivity index (χ1n) is 12.1. The predicted octanol–water partition coefficient (Wildman–Crippen LogP) is -0.976. The molecule has 37 heavy (non-hydrogen) atoms. The van der Waals surface area contributed by atoms with Crippen molar-refractivity contribution in [2.75, 3.05) is 40.0 Å². The molecule has 12 heteroatoms. The molecule has 0 spiro atoms. The van der Waals surface area contributed by atoms with Crippen LogP contribution in [0.25, 0.3) is 5.32 Å². The summed E-state index contributed by atoms with van der Waals surface area (Å²) in [6.07, 6.45) is 4.31. The zero-order valence-electron chi connectivity index (χ0n) is 21.9. The molecule has 1 rings (SSSR count). The van der Waals surface area contributed by atoms with Gasteiger partial charge in [-0.25, -0.2) is 4.79 Å². The fraction of sp³-hybridized carbons (Fsp3) is 0.560. The van der Waals surface area contributed by atoms with E-state index < -0.39 is 6.09 Å². The molecule has 0 saturated heterocycles. The van der Waals surface area contributed by atoms with E-state index in [0.29, 0.717) is 19.4 Å². The van der Waals surface area contributed by atoms with Gasteiger partial charge in [-0.05, 0) is 18.4 Å². The predicted molar refractivity (Wildman–Crippen MR) is 135 cm³/mol. The molecular weight excluding hydrogens is 554 g/mol. The molecule has 0 atom stereocenters. The number of rotatable bonds is 19. The Morgan fingerprint density at radius 3 is 2.35 bits per heavy atom. The third kappa shape index (κ3) is 20.0. The fourth-order valence-electron chi connectivity index (χ4n) is 2.93. The van der Waals surface area contributed by atoms with Crippen LogP contribution in [0.4, 0.5) is 4.79 Å². The molecular formula is C25H39N4O7Rb. The molecule has 0 aliphatic heterocycles. The van der Waals surface area contributed by atoms with E-state index in [0.717, 1.165) is 36.7 Å². The molecule has 3 N–H and O–H groups in total. The summed E-state index contributed by atoms with van der Waals surface area (Å²) in [6, 6.07) is 7.21. The zero-order valence-corrected chi connectivity index (χ0v) is 26.8. The molecule has 202 valence electrons. The number of alkyl carbamates (subject to hydrolysis) is 1. The monoisotopic (exact) mass is 592 g/mol. The van der Waals surface area contributed by atoms with Gasteiger partial charge in [0.05, 0.1) is 32.1 Å². The first-order chi connectivity index (χ1) is 17.4. The maximum atomic E-state index is 11.9. The number of unbranched alkanes of at least 4 members (excludes halogenated alkanes) is 3. The molecule has 11 nitrogen and oxygen atoms in total. The minimum Gasteiger partial charge on any atom is -0.648 e. The van der Waals surface area contributed by atoms with Crippen molar-refractivity contribution in [3.05, 3.63) is 40.7 Å². The molecule has 0 unspecified atom stereocenters. The van der Waals surface area contributed by atoms with E-state index in [1.54, 1.807) is 31.3 Å². The van der Waals surface area contributed by atoms with Crippen LogP contribution in [0, 0.1) is 0 Å². The number of nitrogens with one attached hydrogen (secondary N) is 3. The van der Waals surface area contributed by atoms with Gasteiger partial charge in [0, 0.05) is 40.8 Å². The smallest absolute Gasteiger partial charge is 0.648 e. The quantitative estimate of drug-likeness (QED) is 0.138. The van der Waals surface area contributed by atoms with Gasteiger partial charge in [-0.15, -0.1) is 6.54 Å². The van der Waals surface area contributed by atoms with Crippen molar-refractivity contribution in [2.24, 2.45) is 0 Å². The average Bonchev–Trinajstić information content (AvgIpc) is 2.87. The second-order valence-corrected chi connectivity index (χ2v) is 7.96. The Balaban J connectivity index is 0. The second kappa shape index (κ2) is 23.5. The van der Waals surface area contributed by atoms with Crippen LogP contribution in [0.15, 0.2) is 24.3 Å². The van der Waals surface area contributed by atoms with Gasteiger partial charge in [0.15, 0.2) is 0 Å². The van der Waals surface area contributed by atoms with Gasteiger partial charge in [0.2, 0.25) is 11.8 Å². The van der Waals surface area contributed by atoms with Gasteiger partial charge in [0.1, 0.15) is 6.29 Å². The number of nitrogens with zero attached hydrogens (tertiary/aromatic N) is 1. The molecule has 0 radical (unpaired) electrons. The summed E-state index contributed by atoms with van der Waals surface area (Å²) in [7, 11) is 1.55. The van der Waals surface area contributed by atoms with Crippen LogP contribution >= 0.6 is 0 Å². The molecule has 0 fully saturated rings. The molecule has 0 aliphatic rings. The number of hydrogen-bond donors (Lipinski definition) is 3. The second-order valence-electron chi connectivity index (χ2n) is 7.96. The van der Waals surface area contributed by atoms with E-state index in [2.05, 4.69) is 21.3 Å². The summed E-state index contributed by atoms with van der Waals surface area (Å²) in [4.78, 5) is 56.6. The SMILES string of the molecule is CNC(=O)CCNC(=O)Cc1ccc(C[N-]C(=O)COCCCOC(=O)NCCCCCC=O)cc1.[HH].[Rb+]. The summed E-state index contributed by atoms with van der Waals surface area (Å²) in [5.41, 5.74) is 1.65. The number of amides is 4. The van der Waals surface area contributed by atoms with Crippen molar-refractivity contribution < 1.29 is 93.1 Å². The van der Waals surface area contributed by atoms with Gasteiger partial charge in [-0.3, -0.25) is 9.59 Å². The van der Waals surface area contributed by atoms with Crippen molar-refractivity contribution >= 4 is 30.1 Å². The maximum absolute atomic E-state index is 11.9. The minimum atomic E-state index is -0.496. The molecule has 4 amide bonds. The summed E-state index contributed by atoms with van der Waals surface area (Å²) in [6.45, 7) is 1.29. The third-order valence-electron chi connectivity index (χ3n) is 4.94. The van der Waals surface area contributed by atoms with E-state index in [4.69, 9.17) is 9.47 Å². The Kier molecular flexibility index (Phi) is 22.4. The number of ether oxygens (including phenoxy) is 2.